The van der Waals surface area contributed by atoms with Gasteiger partial charge in [0.1, 0.15) is 24.1 Å². The number of hydrogen-bond acceptors (Lipinski definition) is 5. The van der Waals surface area contributed by atoms with Gasteiger partial charge in [-0.3, -0.25) is 9.59 Å². The highest BCUT2D eigenvalue weighted by atomic mass is 16.5. The molecule has 2 unspecified atom stereocenters. The quantitative estimate of drug-likeness (QED) is 0.605. The number of amides is 2. The first-order valence-electron chi connectivity index (χ1n) is 10.9. The number of hydrazine groups is 1. The highest BCUT2D eigenvalue weighted by Gasteiger charge is 2.40. The zero-order chi connectivity index (χ0) is 22.6. The Labute approximate surface area is 192 Å². The van der Waals surface area contributed by atoms with Crippen LogP contribution in [-0.2, 0) is 9.59 Å². The van der Waals surface area contributed by atoms with Crippen LogP contribution in [0.4, 0.5) is 5.69 Å². The fourth-order valence-corrected chi connectivity index (χ4v) is 4.06. The van der Waals surface area contributed by atoms with Crippen molar-refractivity contribution in [3.63, 3.8) is 0 Å². The molecule has 0 bridgehead atoms. The zero-order valence-corrected chi connectivity index (χ0v) is 17.9. The lowest BCUT2D eigenvalue weighted by Gasteiger charge is -2.31. The van der Waals surface area contributed by atoms with Gasteiger partial charge in [-0.1, -0.05) is 48.5 Å². The van der Waals surface area contributed by atoms with E-state index in [9.17, 15) is 9.59 Å². The van der Waals surface area contributed by atoms with Crippen LogP contribution in [0.5, 0.6) is 11.5 Å². The predicted molar refractivity (Wildman–Crippen MR) is 125 cm³/mol. The van der Waals surface area contributed by atoms with Gasteiger partial charge in [0.15, 0.2) is 0 Å². The summed E-state index contributed by atoms with van der Waals surface area (Å²) in [6.45, 7) is -0.0437. The Morgan fingerprint density at radius 1 is 0.909 bits per heavy atom. The van der Waals surface area contributed by atoms with Gasteiger partial charge in [0.2, 0.25) is 5.91 Å². The number of benzene rings is 3. The Kier molecular flexibility index (Phi) is 5.78. The molecule has 0 saturated carbocycles. The third-order valence-corrected chi connectivity index (χ3v) is 5.71. The van der Waals surface area contributed by atoms with E-state index in [0.717, 1.165) is 11.3 Å². The van der Waals surface area contributed by atoms with Gasteiger partial charge < -0.3 is 20.0 Å². The molecule has 2 aliphatic rings. The number of fused-ring (bicyclic) bond motifs is 1. The number of nitrogens with zero attached hydrogens (tertiary/aromatic N) is 2. The van der Waals surface area contributed by atoms with Crippen molar-refractivity contribution >= 4 is 17.5 Å². The number of rotatable bonds is 6. The average Bonchev–Trinajstić information content (AvgIpc) is 3.29. The van der Waals surface area contributed by atoms with Crippen molar-refractivity contribution < 1.29 is 14.3 Å². The Morgan fingerprint density at radius 3 is 2.30 bits per heavy atom. The monoisotopic (exact) mass is 440 g/mol. The third-order valence-electron chi connectivity index (χ3n) is 5.71. The fourth-order valence-electron chi connectivity index (χ4n) is 4.06. The molecule has 5 rings (SSSR count). The molecule has 0 radical (unpaired) electrons. The van der Waals surface area contributed by atoms with Gasteiger partial charge in [-0.15, -0.1) is 0 Å². The zero-order valence-electron chi connectivity index (χ0n) is 17.9. The van der Waals surface area contributed by atoms with E-state index in [1.165, 1.54) is 4.90 Å². The highest BCUT2D eigenvalue weighted by molar-refractivity contribution is 5.96. The summed E-state index contributed by atoms with van der Waals surface area (Å²) in [5.74, 6) is 1.07. The molecule has 2 amide bonds. The van der Waals surface area contributed by atoms with Crippen LogP contribution in [0, 0.1) is 0 Å². The SMILES string of the molecule is O=C(CN1C=CN2NC(c3ccccc3)CC2C1=O)Nc1ccc(Oc2ccccc2)cc1. The second-order valence-electron chi connectivity index (χ2n) is 8.00. The van der Waals surface area contributed by atoms with Crippen molar-refractivity contribution in [2.45, 2.75) is 18.5 Å². The van der Waals surface area contributed by atoms with Gasteiger partial charge in [0.25, 0.3) is 5.91 Å². The van der Waals surface area contributed by atoms with Crippen LogP contribution >= 0.6 is 0 Å². The molecule has 33 heavy (non-hydrogen) atoms. The molecule has 0 aliphatic carbocycles. The summed E-state index contributed by atoms with van der Waals surface area (Å²) in [7, 11) is 0. The van der Waals surface area contributed by atoms with Gasteiger partial charge in [0.05, 0.1) is 6.04 Å². The van der Waals surface area contributed by atoms with E-state index >= 15 is 0 Å². The Balaban J connectivity index is 1.16. The summed E-state index contributed by atoms with van der Waals surface area (Å²) in [5.41, 5.74) is 5.14. The number of carbonyl (C=O) groups excluding carboxylic acids is 2. The first-order chi connectivity index (χ1) is 16.2. The van der Waals surface area contributed by atoms with Crippen molar-refractivity contribution in [3.8, 4) is 11.5 Å². The minimum atomic E-state index is -0.331. The minimum Gasteiger partial charge on any atom is -0.457 e. The lowest BCUT2D eigenvalue weighted by molar-refractivity contribution is -0.137. The first-order valence-corrected chi connectivity index (χ1v) is 10.9. The third kappa shape index (κ3) is 4.73. The Hall–Kier alpha value is -4.10. The Bertz CT molecular complexity index is 1150. The van der Waals surface area contributed by atoms with E-state index in [1.807, 2.05) is 71.9 Å². The number of para-hydroxylation sites is 1. The Morgan fingerprint density at radius 2 is 1.58 bits per heavy atom. The van der Waals surface area contributed by atoms with Crippen molar-refractivity contribution in [2.75, 3.05) is 11.9 Å². The van der Waals surface area contributed by atoms with Gasteiger partial charge in [-0.2, -0.15) is 0 Å². The maximum Gasteiger partial charge on any atom is 0.251 e. The van der Waals surface area contributed by atoms with Gasteiger partial charge >= 0.3 is 0 Å². The van der Waals surface area contributed by atoms with E-state index in [-0.39, 0.29) is 30.4 Å². The maximum atomic E-state index is 13.0. The molecule has 166 valence electrons. The number of anilines is 1. The summed E-state index contributed by atoms with van der Waals surface area (Å²) in [6.07, 6.45) is 4.11. The average molecular weight is 441 g/mol. The van der Waals surface area contributed by atoms with E-state index in [4.69, 9.17) is 4.74 Å². The first kappa shape index (κ1) is 20.8. The molecule has 3 aromatic rings. The van der Waals surface area contributed by atoms with E-state index in [1.54, 1.807) is 30.5 Å². The van der Waals surface area contributed by atoms with Crippen LogP contribution in [0.1, 0.15) is 18.0 Å². The molecule has 0 aromatic heterocycles. The lowest BCUT2D eigenvalue weighted by atomic mass is 10.0. The van der Waals surface area contributed by atoms with Crippen LogP contribution in [0.25, 0.3) is 0 Å². The van der Waals surface area contributed by atoms with Gasteiger partial charge in [0, 0.05) is 18.1 Å². The molecule has 2 aliphatic heterocycles. The largest absolute Gasteiger partial charge is 0.457 e. The lowest BCUT2D eigenvalue weighted by Crippen LogP contribution is -2.49. The smallest absolute Gasteiger partial charge is 0.251 e. The number of ether oxygens (including phenoxy) is 1. The molecular weight excluding hydrogens is 416 g/mol. The van der Waals surface area contributed by atoms with Crippen LogP contribution in [-0.4, -0.2) is 34.3 Å². The van der Waals surface area contributed by atoms with Crippen LogP contribution < -0.4 is 15.5 Å². The molecule has 7 heteroatoms. The summed E-state index contributed by atoms with van der Waals surface area (Å²) in [6, 6.07) is 26.4. The molecule has 0 spiro atoms. The van der Waals surface area contributed by atoms with E-state index < -0.39 is 0 Å². The molecule has 1 saturated heterocycles. The molecular formula is C26H24N4O3. The molecule has 2 N–H and O–H groups in total. The highest BCUT2D eigenvalue weighted by Crippen LogP contribution is 2.30. The summed E-state index contributed by atoms with van der Waals surface area (Å²) < 4.78 is 5.77. The number of hydrogen-bond donors (Lipinski definition) is 2. The van der Waals surface area contributed by atoms with Crippen molar-refractivity contribution in [3.05, 3.63) is 103 Å². The normalized spacial score (nSPS) is 19.3. The number of carbonyl (C=O) groups is 2. The summed E-state index contributed by atoms with van der Waals surface area (Å²) >= 11 is 0. The minimum absolute atomic E-state index is 0.0437. The van der Waals surface area contributed by atoms with Crippen LogP contribution in [0.2, 0.25) is 0 Å². The topological polar surface area (TPSA) is 73.9 Å². The van der Waals surface area contributed by atoms with Crippen molar-refractivity contribution in [2.24, 2.45) is 0 Å². The maximum absolute atomic E-state index is 13.0. The second-order valence-corrected chi connectivity index (χ2v) is 8.00. The van der Waals surface area contributed by atoms with Gasteiger partial charge in [-0.05, 0) is 48.4 Å². The molecule has 2 atom stereocenters. The van der Waals surface area contributed by atoms with Crippen molar-refractivity contribution in [1.82, 2.24) is 15.3 Å². The fraction of sp³-hybridized carbons (Fsp3) is 0.154. The molecule has 3 aromatic carbocycles. The predicted octanol–water partition coefficient (Wildman–Crippen LogP) is 4.05. The summed E-state index contributed by atoms with van der Waals surface area (Å²) in [4.78, 5) is 27.0. The second kappa shape index (κ2) is 9.18. The number of nitrogens with one attached hydrogen (secondary N) is 2. The van der Waals surface area contributed by atoms with E-state index in [2.05, 4.69) is 10.7 Å². The molecule has 7 nitrogen and oxygen atoms in total. The molecule has 2 heterocycles. The standard InChI is InChI=1S/C26H24N4O3/c31-25(27-20-11-13-22(14-12-20)33-21-9-5-2-6-10-21)18-29-15-16-30-24(26(29)32)17-23(28-30)19-7-3-1-4-8-19/h1-16,23-24,28H,17-18H2,(H,27,31). The molecule has 1 fully saturated rings. The van der Waals surface area contributed by atoms with Gasteiger partial charge in [-0.25, -0.2) is 5.43 Å². The van der Waals surface area contributed by atoms with Crippen LogP contribution in [0.3, 0.4) is 0 Å². The summed E-state index contributed by atoms with van der Waals surface area (Å²) in [5, 5.41) is 4.68. The van der Waals surface area contributed by atoms with Crippen LogP contribution in [0.15, 0.2) is 97.3 Å². The van der Waals surface area contributed by atoms with Crippen molar-refractivity contribution in [1.29, 1.82) is 0 Å². The van der Waals surface area contributed by atoms with E-state index in [0.29, 0.717) is 17.9 Å².